The number of thiophene rings is 1. The Hall–Kier alpha value is -1.45. The van der Waals surface area contributed by atoms with E-state index in [0.29, 0.717) is 19.5 Å². The normalized spacial score (nSPS) is 11.2. The fraction of sp³-hybridized carbons (Fsp3) is 0.353. The summed E-state index contributed by atoms with van der Waals surface area (Å²) >= 11 is 1.17. The summed E-state index contributed by atoms with van der Waals surface area (Å²) in [6, 6.07) is 13.1. The number of hydrogen-bond donors (Lipinski definition) is 2. The van der Waals surface area contributed by atoms with Gasteiger partial charge in [-0.2, -0.15) is 4.31 Å². The number of sulfonamides is 1. The summed E-state index contributed by atoms with van der Waals surface area (Å²) < 4.78 is 27.5. The van der Waals surface area contributed by atoms with Gasteiger partial charge >= 0.3 is 0 Å². The van der Waals surface area contributed by atoms with E-state index in [1.54, 1.807) is 12.1 Å². The summed E-state index contributed by atoms with van der Waals surface area (Å²) in [6.45, 7) is 2.67. The monoisotopic (exact) mass is 417 g/mol. The maximum Gasteiger partial charge on any atom is 0.252 e. The lowest BCUT2D eigenvalue weighted by molar-refractivity contribution is -0.119. The summed E-state index contributed by atoms with van der Waals surface area (Å²) in [6.07, 6.45) is 0.629. The van der Waals surface area contributed by atoms with Gasteiger partial charge in [-0.25, -0.2) is 8.42 Å². The molecular weight excluding hydrogens is 394 g/mol. The molecule has 0 fully saturated rings. The standard InChI is InChI=1S/C17H23N3O3S2.ClH/c1-14(21)19-13-16-7-8-17(24-16)25(22,23)20(12-10-18)11-9-15-5-3-2-4-6-15;/h2-8H,9-13,18H2,1H3,(H,19,21);1H. The molecule has 144 valence electrons. The molecule has 1 aromatic heterocycles. The number of carbonyl (C=O) groups is 1. The van der Waals surface area contributed by atoms with Crippen molar-refractivity contribution in [3.8, 4) is 0 Å². The second kappa shape index (κ2) is 10.6. The summed E-state index contributed by atoms with van der Waals surface area (Å²) in [5.41, 5.74) is 6.69. The Morgan fingerprint density at radius 1 is 1.15 bits per heavy atom. The Morgan fingerprint density at radius 2 is 1.85 bits per heavy atom. The summed E-state index contributed by atoms with van der Waals surface area (Å²) in [5, 5.41) is 2.67. The van der Waals surface area contributed by atoms with Crippen LogP contribution in [0.25, 0.3) is 0 Å². The lowest BCUT2D eigenvalue weighted by Crippen LogP contribution is -2.36. The predicted octanol–water partition coefficient (Wildman–Crippen LogP) is 2.00. The van der Waals surface area contributed by atoms with Crippen LogP contribution in [0.4, 0.5) is 0 Å². The molecule has 0 aliphatic rings. The highest BCUT2D eigenvalue weighted by atomic mass is 35.5. The van der Waals surface area contributed by atoms with E-state index in [-0.39, 0.29) is 35.6 Å². The van der Waals surface area contributed by atoms with Crippen LogP contribution in [0, 0.1) is 0 Å². The van der Waals surface area contributed by atoms with Gasteiger partial charge in [0.25, 0.3) is 10.0 Å². The van der Waals surface area contributed by atoms with E-state index in [9.17, 15) is 13.2 Å². The highest BCUT2D eigenvalue weighted by Crippen LogP contribution is 2.25. The minimum absolute atomic E-state index is 0. The first kappa shape index (κ1) is 22.6. The number of nitrogens with one attached hydrogen (secondary N) is 1. The van der Waals surface area contributed by atoms with Gasteiger partial charge in [-0.3, -0.25) is 4.79 Å². The number of rotatable bonds is 9. The molecule has 0 aliphatic heterocycles. The molecule has 6 nitrogen and oxygen atoms in total. The highest BCUT2D eigenvalue weighted by Gasteiger charge is 2.25. The average Bonchev–Trinajstić information content (AvgIpc) is 3.07. The molecule has 1 amide bonds. The summed E-state index contributed by atoms with van der Waals surface area (Å²) in [4.78, 5) is 11.8. The van der Waals surface area contributed by atoms with E-state index < -0.39 is 10.0 Å². The molecule has 0 saturated carbocycles. The third-order valence-electron chi connectivity index (χ3n) is 3.61. The van der Waals surface area contributed by atoms with Gasteiger partial charge in [-0.05, 0) is 24.1 Å². The van der Waals surface area contributed by atoms with Crippen molar-refractivity contribution in [3.63, 3.8) is 0 Å². The van der Waals surface area contributed by atoms with Crippen LogP contribution >= 0.6 is 23.7 Å². The van der Waals surface area contributed by atoms with Crippen LogP contribution in [-0.2, 0) is 27.8 Å². The summed E-state index contributed by atoms with van der Waals surface area (Å²) in [5.74, 6) is -0.148. The van der Waals surface area contributed by atoms with Crippen LogP contribution in [0.1, 0.15) is 17.4 Å². The Balaban J connectivity index is 0.00000338. The molecule has 0 atom stereocenters. The van der Waals surface area contributed by atoms with E-state index in [0.717, 1.165) is 10.4 Å². The first-order chi connectivity index (χ1) is 11.9. The van der Waals surface area contributed by atoms with Crippen LogP contribution in [0.2, 0.25) is 0 Å². The van der Waals surface area contributed by atoms with Crippen LogP contribution in [0.3, 0.4) is 0 Å². The van der Waals surface area contributed by atoms with E-state index in [2.05, 4.69) is 5.32 Å². The third kappa shape index (κ3) is 6.37. The zero-order valence-electron chi connectivity index (χ0n) is 14.6. The van der Waals surface area contributed by atoms with Gasteiger partial charge in [0, 0.05) is 31.4 Å². The maximum atomic E-state index is 12.9. The van der Waals surface area contributed by atoms with Gasteiger partial charge in [-0.1, -0.05) is 30.3 Å². The Labute approximate surface area is 164 Å². The van der Waals surface area contributed by atoms with Crippen molar-refractivity contribution in [2.75, 3.05) is 19.6 Å². The van der Waals surface area contributed by atoms with Gasteiger partial charge in [0.2, 0.25) is 5.91 Å². The maximum absolute atomic E-state index is 12.9. The van der Waals surface area contributed by atoms with Crippen molar-refractivity contribution in [2.24, 2.45) is 5.73 Å². The quantitative estimate of drug-likeness (QED) is 0.652. The van der Waals surface area contributed by atoms with Gasteiger partial charge in [0.15, 0.2) is 0 Å². The first-order valence-corrected chi connectivity index (χ1v) is 10.3. The van der Waals surface area contributed by atoms with E-state index in [1.807, 2.05) is 30.3 Å². The molecule has 0 saturated heterocycles. The fourth-order valence-electron chi connectivity index (χ4n) is 2.33. The van der Waals surface area contributed by atoms with Crippen LogP contribution in [0.5, 0.6) is 0 Å². The van der Waals surface area contributed by atoms with Gasteiger partial charge in [-0.15, -0.1) is 23.7 Å². The van der Waals surface area contributed by atoms with Crippen molar-refractivity contribution < 1.29 is 13.2 Å². The average molecular weight is 418 g/mol. The molecule has 0 spiro atoms. The fourth-order valence-corrected chi connectivity index (χ4v) is 5.23. The molecule has 9 heteroatoms. The number of benzene rings is 1. The van der Waals surface area contributed by atoms with Gasteiger partial charge in [0.05, 0.1) is 6.54 Å². The molecule has 0 aliphatic carbocycles. The lowest BCUT2D eigenvalue weighted by Gasteiger charge is -2.20. The molecule has 0 unspecified atom stereocenters. The van der Waals surface area contributed by atoms with Crippen molar-refractivity contribution in [1.82, 2.24) is 9.62 Å². The molecular formula is C17H24ClN3O3S2. The van der Waals surface area contributed by atoms with E-state index in [4.69, 9.17) is 5.73 Å². The number of nitrogens with zero attached hydrogens (tertiary/aromatic N) is 1. The molecule has 0 bridgehead atoms. The molecule has 1 heterocycles. The van der Waals surface area contributed by atoms with Crippen molar-refractivity contribution >= 4 is 39.7 Å². The number of nitrogens with two attached hydrogens (primary N) is 1. The van der Waals surface area contributed by atoms with Crippen LogP contribution < -0.4 is 11.1 Å². The van der Waals surface area contributed by atoms with Gasteiger partial charge < -0.3 is 11.1 Å². The topological polar surface area (TPSA) is 92.5 Å². The highest BCUT2D eigenvalue weighted by molar-refractivity contribution is 7.91. The first-order valence-electron chi connectivity index (χ1n) is 8.01. The number of halogens is 1. The molecule has 2 aromatic rings. The van der Waals surface area contributed by atoms with E-state index in [1.165, 1.54) is 22.6 Å². The van der Waals surface area contributed by atoms with Crippen molar-refractivity contribution in [3.05, 3.63) is 52.9 Å². The number of amides is 1. The zero-order chi connectivity index (χ0) is 18.3. The minimum atomic E-state index is -3.59. The van der Waals surface area contributed by atoms with Crippen molar-refractivity contribution in [1.29, 1.82) is 0 Å². The third-order valence-corrected chi connectivity index (χ3v) is 7.07. The van der Waals surface area contributed by atoms with Crippen molar-refractivity contribution in [2.45, 2.75) is 24.1 Å². The second-order valence-electron chi connectivity index (χ2n) is 5.56. The number of hydrogen-bond acceptors (Lipinski definition) is 5. The molecule has 3 N–H and O–H groups in total. The smallest absolute Gasteiger partial charge is 0.252 e. The lowest BCUT2D eigenvalue weighted by atomic mass is 10.1. The minimum Gasteiger partial charge on any atom is -0.351 e. The Bertz CT molecular complexity index is 795. The molecule has 0 radical (unpaired) electrons. The van der Waals surface area contributed by atoms with E-state index >= 15 is 0 Å². The van der Waals surface area contributed by atoms with Gasteiger partial charge in [0.1, 0.15) is 4.21 Å². The predicted molar refractivity (Wildman–Crippen MR) is 107 cm³/mol. The Morgan fingerprint density at radius 3 is 2.46 bits per heavy atom. The Kier molecular flexibility index (Phi) is 9.24. The van der Waals surface area contributed by atoms with Crippen LogP contribution in [0.15, 0.2) is 46.7 Å². The number of carbonyl (C=O) groups excluding carboxylic acids is 1. The molecule has 26 heavy (non-hydrogen) atoms. The molecule has 2 rings (SSSR count). The summed E-state index contributed by atoms with van der Waals surface area (Å²) in [7, 11) is -3.59. The SMILES string of the molecule is CC(=O)NCc1ccc(S(=O)(=O)N(CCN)CCc2ccccc2)s1.Cl. The second-order valence-corrected chi connectivity index (χ2v) is 8.89. The zero-order valence-corrected chi connectivity index (χ0v) is 17.0. The largest absolute Gasteiger partial charge is 0.351 e. The molecule has 1 aromatic carbocycles. The van der Waals surface area contributed by atoms with Crippen LogP contribution in [-0.4, -0.2) is 38.3 Å².